The van der Waals surface area contributed by atoms with Gasteiger partial charge in [0, 0.05) is 25.8 Å². The third kappa shape index (κ3) is 4.04. The van der Waals surface area contributed by atoms with Gasteiger partial charge in [-0.25, -0.2) is 8.42 Å². The second kappa shape index (κ2) is 5.77. The summed E-state index contributed by atoms with van der Waals surface area (Å²) in [6.45, 7) is 0.853. The van der Waals surface area contributed by atoms with Crippen LogP contribution < -0.4 is 5.32 Å². The molecule has 0 unspecified atom stereocenters. The van der Waals surface area contributed by atoms with Gasteiger partial charge in [0.05, 0.1) is 18.0 Å². The van der Waals surface area contributed by atoms with Gasteiger partial charge < -0.3 is 5.32 Å². The molecule has 1 saturated carbocycles. The van der Waals surface area contributed by atoms with Crippen LogP contribution in [0.4, 0.5) is 0 Å². The standard InChI is InChI=1S/C12H19N3O2S/c1-15(10-12-4-2-3-7-13-12)18(16,17)9-8-14-11-5-6-11/h2-4,7,11,14H,5-6,8-10H2,1H3. The minimum absolute atomic E-state index is 0.146. The number of hydrogen-bond acceptors (Lipinski definition) is 4. The van der Waals surface area contributed by atoms with Gasteiger partial charge in [-0.3, -0.25) is 4.98 Å². The zero-order valence-corrected chi connectivity index (χ0v) is 11.4. The molecule has 1 aliphatic carbocycles. The largest absolute Gasteiger partial charge is 0.313 e. The van der Waals surface area contributed by atoms with E-state index in [1.54, 1.807) is 13.2 Å². The van der Waals surface area contributed by atoms with Gasteiger partial charge in [-0.2, -0.15) is 4.31 Å². The minimum Gasteiger partial charge on any atom is -0.313 e. The van der Waals surface area contributed by atoms with Crippen LogP contribution in [0, 0.1) is 0 Å². The predicted octanol–water partition coefficient (Wildman–Crippen LogP) is 0.595. The van der Waals surface area contributed by atoms with Crippen LogP contribution in [0.3, 0.4) is 0 Å². The fourth-order valence-electron chi connectivity index (χ4n) is 1.65. The SMILES string of the molecule is CN(Cc1ccccn1)S(=O)(=O)CCNC1CC1. The maximum Gasteiger partial charge on any atom is 0.215 e. The van der Waals surface area contributed by atoms with E-state index in [4.69, 9.17) is 0 Å². The van der Waals surface area contributed by atoms with Gasteiger partial charge in [-0.1, -0.05) is 6.07 Å². The number of aromatic nitrogens is 1. The molecule has 5 nitrogen and oxygen atoms in total. The molecule has 0 atom stereocenters. The molecule has 18 heavy (non-hydrogen) atoms. The Morgan fingerprint density at radius 1 is 1.44 bits per heavy atom. The summed E-state index contributed by atoms with van der Waals surface area (Å²) in [6, 6.07) is 6.05. The quantitative estimate of drug-likeness (QED) is 0.787. The number of sulfonamides is 1. The van der Waals surface area contributed by atoms with Crippen molar-refractivity contribution in [1.29, 1.82) is 0 Å². The maximum absolute atomic E-state index is 12.0. The molecule has 1 heterocycles. The zero-order chi connectivity index (χ0) is 13.0. The molecule has 0 spiro atoms. The molecule has 1 aliphatic rings. The molecule has 0 saturated heterocycles. The van der Waals surface area contributed by atoms with Crippen LogP contribution in [0.15, 0.2) is 24.4 Å². The number of rotatable bonds is 7. The van der Waals surface area contributed by atoms with Crippen LogP contribution in [0.25, 0.3) is 0 Å². The molecule has 2 rings (SSSR count). The average molecular weight is 269 g/mol. The first-order valence-electron chi connectivity index (χ1n) is 6.15. The van der Waals surface area contributed by atoms with E-state index in [0.29, 0.717) is 19.1 Å². The van der Waals surface area contributed by atoms with Gasteiger partial charge in [-0.05, 0) is 25.0 Å². The second-order valence-corrected chi connectivity index (χ2v) is 6.82. The van der Waals surface area contributed by atoms with Crippen LogP contribution in [0.2, 0.25) is 0 Å². The van der Waals surface area contributed by atoms with E-state index < -0.39 is 10.0 Å². The van der Waals surface area contributed by atoms with Crippen molar-refractivity contribution in [2.24, 2.45) is 0 Å². The first-order valence-corrected chi connectivity index (χ1v) is 7.76. The molecule has 1 N–H and O–H groups in total. The Labute approximate surface area is 108 Å². The smallest absolute Gasteiger partial charge is 0.215 e. The number of nitrogens with zero attached hydrogens (tertiary/aromatic N) is 2. The van der Waals surface area contributed by atoms with E-state index in [1.807, 2.05) is 18.2 Å². The highest BCUT2D eigenvalue weighted by Gasteiger charge is 2.23. The zero-order valence-electron chi connectivity index (χ0n) is 10.5. The van der Waals surface area contributed by atoms with Crippen LogP contribution in [-0.2, 0) is 16.6 Å². The number of pyridine rings is 1. The lowest BCUT2D eigenvalue weighted by molar-refractivity contribution is 0.460. The first kappa shape index (κ1) is 13.5. The molecule has 0 radical (unpaired) electrons. The molecule has 6 heteroatoms. The highest BCUT2D eigenvalue weighted by atomic mass is 32.2. The lowest BCUT2D eigenvalue weighted by atomic mass is 10.3. The summed E-state index contributed by atoms with van der Waals surface area (Å²) in [5.41, 5.74) is 0.763. The lowest BCUT2D eigenvalue weighted by Gasteiger charge is -2.16. The molecule has 1 aromatic heterocycles. The summed E-state index contributed by atoms with van der Waals surface area (Å²) in [5, 5.41) is 3.21. The average Bonchev–Trinajstić information content (AvgIpc) is 3.14. The third-order valence-electron chi connectivity index (χ3n) is 2.96. The summed E-state index contributed by atoms with van der Waals surface area (Å²) in [4.78, 5) is 4.13. The van der Waals surface area contributed by atoms with Gasteiger partial charge in [0.15, 0.2) is 0 Å². The van der Waals surface area contributed by atoms with Crippen LogP contribution in [0.5, 0.6) is 0 Å². The molecule has 0 bridgehead atoms. The molecule has 0 aliphatic heterocycles. The maximum atomic E-state index is 12.0. The van der Waals surface area contributed by atoms with Crippen molar-refractivity contribution in [2.75, 3.05) is 19.3 Å². The summed E-state index contributed by atoms with van der Waals surface area (Å²) in [5.74, 6) is 0.146. The monoisotopic (exact) mass is 269 g/mol. The fourth-order valence-corrected chi connectivity index (χ4v) is 2.67. The Bertz CT molecular complexity index is 471. The van der Waals surface area contributed by atoms with Crippen molar-refractivity contribution in [1.82, 2.24) is 14.6 Å². The van der Waals surface area contributed by atoms with E-state index in [1.165, 1.54) is 17.1 Å². The predicted molar refractivity (Wildman–Crippen MR) is 70.5 cm³/mol. The Morgan fingerprint density at radius 3 is 2.83 bits per heavy atom. The van der Waals surface area contributed by atoms with Crippen molar-refractivity contribution in [2.45, 2.75) is 25.4 Å². The van der Waals surface area contributed by atoms with E-state index in [-0.39, 0.29) is 5.75 Å². The normalized spacial score (nSPS) is 16.1. The molecule has 1 fully saturated rings. The summed E-state index contributed by atoms with van der Waals surface area (Å²) in [6.07, 6.45) is 4.01. The van der Waals surface area contributed by atoms with Crippen molar-refractivity contribution < 1.29 is 8.42 Å². The Kier molecular flexibility index (Phi) is 4.31. The Morgan fingerprint density at radius 2 is 2.22 bits per heavy atom. The summed E-state index contributed by atoms with van der Waals surface area (Å²) >= 11 is 0. The molecular formula is C12H19N3O2S. The Balaban J connectivity index is 1.83. The first-order chi connectivity index (χ1) is 8.58. The topological polar surface area (TPSA) is 62.3 Å². The summed E-state index contributed by atoms with van der Waals surface area (Å²) < 4.78 is 25.4. The molecule has 0 aromatic carbocycles. The third-order valence-corrected chi connectivity index (χ3v) is 4.75. The number of nitrogens with one attached hydrogen (secondary N) is 1. The van der Waals surface area contributed by atoms with Crippen molar-refractivity contribution in [3.05, 3.63) is 30.1 Å². The highest BCUT2D eigenvalue weighted by molar-refractivity contribution is 7.89. The van der Waals surface area contributed by atoms with Gasteiger partial charge in [-0.15, -0.1) is 0 Å². The fraction of sp³-hybridized carbons (Fsp3) is 0.583. The van der Waals surface area contributed by atoms with Crippen LogP contribution in [-0.4, -0.2) is 43.1 Å². The molecule has 100 valence electrons. The van der Waals surface area contributed by atoms with Crippen LogP contribution in [0.1, 0.15) is 18.5 Å². The van der Waals surface area contributed by atoms with E-state index in [0.717, 1.165) is 5.69 Å². The van der Waals surface area contributed by atoms with Gasteiger partial charge in [0.25, 0.3) is 0 Å². The van der Waals surface area contributed by atoms with Gasteiger partial charge in [0.1, 0.15) is 0 Å². The minimum atomic E-state index is -3.20. The van der Waals surface area contributed by atoms with Crippen molar-refractivity contribution >= 4 is 10.0 Å². The lowest BCUT2D eigenvalue weighted by Crippen LogP contribution is -2.34. The number of hydrogen-bond donors (Lipinski definition) is 1. The van der Waals surface area contributed by atoms with Gasteiger partial charge >= 0.3 is 0 Å². The van der Waals surface area contributed by atoms with Crippen molar-refractivity contribution in [3.8, 4) is 0 Å². The van der Waals surface area contributed by atoms with E-state index in [9.17, 15) is 8.42 Å². The van der Waals surface area contributed by atoms with E-state index in [2.05, 4.69) is 10.3 Å². The Hall–Kier alpha value is -0.980. The van der Waals surface area contributed by atoms with E-state index >= 15 is 0 Å². The summed E-state index contributed by atoms with van der Waals surface area (Å²) in [7, 11) is -1.60. The highest BCUT2D eigenvalue weighted by Crippen LogP contribution is 2.18. The second-order valence-electron chi connectivity index (χ2n) is 4.62. The van der Waals surface area contributed by atoms with Gasteiger partial charge in [0.2, 0.25) is 10.0 Å². The van der Waals surface area contributed by atoms with Crippen molar-refractivity contribution in [3.63, 3.8) is 0 Å². The molecule has 0 amide bonds. The van der Waals surface area contributed by atoms with Crippen LogP contribution >= 0.6 is 0 Å². The molecule has 1 aromatic rings. The molecular weight excluding hydrogens is 250 g/mol.